The molecule has 1 aliphatic rings. The predicted molar refractivity (Wildman–Crippen MR) is 114 cm³/mol. The van der Waals surface area contributed by atoms with Crippen molar-refractivity contribution < 1.29 is 14.3 Å². The van der Waals surface area contributed by atoms with Gasteiger partial charge in [0.05, 0.1) is 11.7 Å². The van der Waals surface area contributed by atoms with E-state index >= 15 is 0 Å². The largest absolute Gasteiger partial charge is 0.454 e. The van der Waals surface area contributed by atoms with E-state index < -0.39 is 6.04 Å². The Morgan fingerprint density at radius 3 is 2.93 bits per heavy atom. The monoisotopic (exact) mass is 424 g/mol. The standard InChI is InChI=1S/C21H20N4O4S/c1-30-8-6-15(24-21(27)13-4-5-17-18(9-13)29-12-28-17)16-10-19(26)25-20(23-16)14-3-2-7-22-11-14/h2-5,7,9-11,15H,6,8,12H2,1H3,(H,24,27)(H,23,25,26). The maximum atomic E-state index is 12.9. The normalized spacial score (nSPS) is 13.1. The van der Waals surface area contributed by atoms with E-state index in [0.717, 1.165) is 5.75 Å². The van der Waals surface area contributed by atoms with E-state index in [-0.39, 0.29) is 18.3 Å². The molecule has 0 spiro atoms. The van der Waals surface area contributed by atoms with Crippen LogP contribution >= 0.6 is 11.8 Å². The average molecular weight is 424 g/mol. The average Bonchev–Trinajstić information content (AvgIpc) is 3.24. The van der Waals surface area contributed by atoms with Crippen LogP contribution in [0.5, 0.6) is 11.5 Å². The van der Waals surface area contributed by atoms with Gasteiger partial charge in [-0.2, -0.15) is 11.8 Å². The van der Waals surface area contributed by atoms with Gasteiger partial charge >= 0.3 is 0 Å². The first-order chi connectivity index (χ1) is 14.6. The fourth-order valence-electron chi connectivity index (χ4n) is 3.10. The van der Waals surface area contributed by atoms with Crippen molar-refractivity contribution in [1.29, 1.82) is 0 Å². The summed E-state index contributed by atoms with van der Waals surface area (Å²) < 4.78 is 10.7. The van der Waals surface area contributed by atoms with Crippen LogP contribution in [0.15, 0.2) is 53.6 Å². The van der Waals surface area contributed by atoms with Gasteiger partial charge in [0, 0.05) is 29.6 Å². The summed E-state index contributed by atoms with van der Waals surface area (Å²) in [4.78, 5) is 36.6. The number of hydrogen-bond donors (Lipinski definition) is 2. The minimum absolute atomic E-state index is 0.143. The number of pyridine rings is 1. The Labute approximate surface area is 177 Å². The molecule has 0 saturated heterocycles. The Bertz CT molecular complexity index is 1100. The highest BCUT2D eigenvalue weighted by Gasteiger charge is 2.21. The van der Waals surface area contributed by atoms with E-state index in [0.29, 0.717) is 40.6 Å². The van der Waals surface area contributed by atoms with E-state index in [1.165, 1.54) is 6.07 Å². The van der Waals surface area contributed by atoms with Crippen molar-refractivity contribution in [2.75, 3.05) is 18.8 Å². The highest BCUT2D eigenvalue weighted by atomic mass is 32.2. The Kier molecular flexibility index (Phi) is 5.99. The molecule has 1 unspecified atom stereocenters. The zero-order chi connectivity index (χ0) is 20.9. The Balaban J connectivity index is 1.62. The Hall–Kier alpha value is -3.33. The lowest BCUT2D eigenvalue weighted by molar-refractivity contribution is 0.0934. The SMILES string of the molecule is CSCCC(NC(=O)c1ccc2c(c1)OCO2)c1cc(=O)[nH]c(-c2cccnc2)n1. The van der Waals surface area contributed by atoms with Crippen molar-refractivity contribution in [2.24, 2.45) is 0 Å². The fraction of sp³-hybridized carbons (Fsp3) is 0.238. The number of fused-ring (bicyclic) bond motifs is 1. The number of amides is 1. The molecule has 9 heteroatoms. The van der Waals surface area contributed by atoms with Crippen molar-refractivity contribution >= 4 is 17.7 Å². The van der Waals surface area contributed by atoms with Crippen LogP contribution < -0.4 is 20.3 Å². The molecule has 1 aliphatic heterocycles. The van der Waals surface area contributed by atoms with E-state index in [9.17, 15) is 9.59 Å². The Morgan fingerprint density at radius 2 is 2.13 bits per heavy atom. The van der Waals surface area contributed by atoms with E-state index in [1.807, 2.05) is 12.3 Å². The van der Waals surface area contributed by atoms with Crippen molar-refractivity contribution in [1.82, 2.24) is 20.3 Å². The highest BCUT2D eigenvalue weighted by molar-refractivity contribution is 7.98. The molecule has 1 atom stereocenters. The van der Waals surface area contributed by atoms with Gasteiger partial charge in [-0.15, -0.1) is 0 Å². The smallest absolute Gasteiger partial charge is 0.251 e. The summed E-state index contributed by atoms with van der Waals surface area (Å²) in [5, 5.41) is 3.00. The summed E-state index contributed by atoms with van der Waals surface area (Å²) >= 11 is 1.66. The van der Waals surface area contributed by atoms with E-state index in [1.54, 1.807) is 48.4 Å². The Morgan fingerprint density at radius 1 is 1.27 bits per heavy atom. The zero-order valence-electron chi connectivity index (χ0n) is 16.3. The van der Waals surface area contributed by atoms with Gasteiger partial charge in [-0.1, -0.05) is 0 Å². The minimum atomic E-state index is -0.423. The highest BCUT2D eigenvalue weighted by Crippen LogP contribution is 2.32. The second-order valence-corrected chi connectivity index (χ2v) is 7.62. The number of nitrogens with zero attached hydrogens (tertiary/aromatic N) is 2. The molecule has 0 radical (unpaired) electrons. The first-order valence-corrected chi connectivity index (χ1v) is 10.7. The molecule has 0 saturated carbocycles. The maximum Gasteiger partial charge on any atom is 0.251 e. The number of thioether (sulfide) groups is 1. The molecule has 3 heterocycles. The number of benzene rings is 1. The summed E-state index contributed by atoms with van der Waals surface area (Å²) in [6, 6.07) is 9.63. The summed E-state index contributed by atoms with van der Waals surface area (Å²) in [5.41, 5.74) is 1.36. The number of hydrogen-bond acceptors (Lipinski definition) is 7. The van der Waals surface area contributed by atoms with Gasteiger partial charge in [-0.3, -0.25) is 14.6 Å². The van der Waals surface area contributed by atoms with Crippen LogP contribution in [0.2, 0.25) is 0 Å². The van der Waals surface area contributed by atoms with Crippen molar-refractivity contribution in [3.63, 3.8) is 0 Å². The van der Waals surface area contributed by atoms with Crippen LogP contribution in [-0.2, 0) is 0 Å². The number of rotatable bonds is 7. The molecule has 1 amide bonds. The third kappa shape index (κ3) is 4.46. The van der Waals surface area contributed by atoms with Crippen LogP contribution in [0.4, 0.5) is 0 Å². The minimum Gasteiger partial charge on any atom is -0.454 e. The molecule has 0 bridgehead atoms. The van der Waals surface area contributed by atoms with Gasteiger partial charge in [0.25, 0.3) is 11.5 Å². The number of ether oxygens (including phenoxy) is 2. The lowest BCUT2D eigenvalue weighted by Gasteiger charge is -2.18. The van der Waals surface area contributed by atoms with Crippen molar-refractivity contribution in [3.05, 3.63) is 70.4 Å². The molecule has 8 nitrogen and oxygen atoms in total. The topological polar surface area (TPSA) is 106 Å². The quantitative estimate of drug-likeness (QED) is 0.601. The van der Waals surface area contributed by atoms with Gasteiger partial charge in [-0.05, 0) is 48.8 Å². The molecule has 30 heavy (non-hydrogen) atoms. The molecular formula is C21H20N4O4S. The molecule has 4 rings (SSSR count). The van der Waals surface area contributed by atoms with Gasteiger partial charge in [-0.25, -0.2) is 4.98 Å². The van der Waals surface area contributed by atoms with E-state index in [4.69, 9.17) is 9.47 Å². The molecule has 2 aromatic heterocycles. The summed E-state index contributed by atoms with van der Waals surface area (Å²) in [5.74, 6) is 2.09. The molecule has 2 N–H and O–H groups in total. The number of carbonyl (C=O) groups excluding carboxylic acids is 1. The number of H-pyrrole nitrogens is 1. The number of carbonyl (C=O) groups is 1. The number of aromatic amines is 1. The van der Waals surface area contributed by atoms with Crippen LogP contribution in [0, 0.1) is 0 Å². The van der Waals surface area contributed by atoms with Crippen molar-refractivity contribution in [3.8, 4) is 22.9 Å². The maximum absolute atomic E-state index is 12.9. The third-order valence-electron chi connectivity index (χ3n) is 4.60. The van der Waals surface area contributed by atoms with Crippen LogP contribution in [0.25, 0.3) is 11.4 Å². The van der Waals surface area contributed by atoms with Crippen LogP contribution in [0.3, 0.4) is 0 Å². The number of nitrogens with one attached hydrogen (secondary N) is 2. The van der Waals surface area contributed by atoms with Crippen LogP contribution in [-0.4, -0.2) is 39.7 Å². The summed E-state index contributed by atoms with van der Waals surface area (Å²) in [6.45, 7) is 0.143. The zero-order valence-corrected chi connectivity index (χ0v) is 17.1. The second-order valence-electron chi connectivity index (χ2n) is 6.64. The molecule has 1 aromatic carbocycles. The molecule has 0 aliphatic carbocycles. The van der Waals surface area contributed by atoms with Crippen LogP contribution in [0.1, 0.15) is 28.5 Å². The molecule has 154 valence electrons. The third-order valence-corrected chi connectivity index (χ3v) is 5.25. The molecular weight excluding hydrogens is 404 g/mol. The predicted octanol–water partition coefficient (Wildman–Crippen LogP) is 2.78. The number of aromatic nitrogens is 3. The second kappa shape index (κ2) is 9.00. The van der Waals surface area contributed by atoms with Crippen molar-refractivity contribution in [2.45, 2.75) is 12.5 Å². The molecule has 0 fully saturated rings. The van der Waals surface area contributed by atoms with Gasteiger partial charge in [0.2, 0.25) is 6.79 Å². The summed E-state index contributed by atoms with van der Waals surface area (Å²) in [7, 11) is 0. The fourth-order valence-corrected chi connectivity index (χ4v) is 3.57. The lowest BCUT2D eigenvalue weighted by Crippen LogP contribution is -2.30. The first-order valence-electron chi connectivity index (χ1n) is 9.35. The van der Waals surface area contributed by atoms with Gasteiger partial charge in [0.1, 0.15) is 5.82 Å². The molecule has 3 aromatic rings. The van der Waals surface area contributed by atoms with Gasteiger partial charge in [0.15, 0.2) is 11.5 Å². The van der Waals surface area contributed by atoms with Gasteiger partial charge < -0.3 is 19.8 Å². The first kappa shape index (κ1) is 20.0. The van der Waals surface area contributed by atoms with E-state index in [2.05, 4.69) is 20.3 Å². The summed E-state index contributed by atoms with van der Waals surface area (Å²) in [6.07, 6.45) is 5.89. The lowest BCUT2D eigenvalue weighted by atomic mass is 10.1.